The number of likely N-dealkylation sites (tertiary alicyclic amines) is 1. The van der Waals surface area contributed by atoms with E-state index >= 15 is 0 Å². The second-order valence-corrected chi connectivity index (χ2v) is 7.39. The monoisotopic (exact) mass is 437 g/mol. The van der Waals surface area contributed by atoms with Crippen LogP contribution in [0.25, 0.3) is 0 Å². The maximum absolute atomic E-state index is 13.2. The van der Waals surface area contributed by atoms with Crippen LogP contribution in [0.2, 0.25) is 0 Å². The molecule has 0 spiro atoms. The number of carbonyl (C=O) groups excluding carboxylic acids is 4. The second kappa shape index (κ2) is 10.5. The number of hydrogen-bond donors (Lipinski definition) is 6. The Morgan fingerprint density at radius 3 is 2.55 bits per heavy atom. The van der Waals surface area contributed by atoms with Gasteiger partial charge in [-0.05, 0) is 19.8 Å². The van der Waals surface area contributed by atoms with E-state index in [-0.39, 0.29) is 13.0 Å². The molecule has 1 saturated heterocycles. The number of nitrogens with one attached hydrogen (secondary N) is 3. The summed E-state index contributed by atoms with van der Waals surface area (Å²) in [5.74, 6) is -4.05. The number of carbonyl (C=O) groups is 5. The standard InChI is InChI=1S/C18H27N7O6/c1-9(19)15(27)23-11(5-10-7-21-8-22-10)17(29)25-4-2-3-13(25)16(28)24-12(18(30)31)6-14(20)26/h7-9,11-13H,2-6,19H2,1H3,(H2,20,26)(H,21,22)(H,23,27)(H,24,28)(H,30,31). The first kappa shape index (κ1) is 23.8. The van der Waals surface area contributed by atoms with Gasteiger partial charge in [0, 0.05) is 24.9 Å². The normalized spacial score (nSPS) is 18.6. The number of carboxylic acids is 1. The Labute approximate surface area is 177 Å². The molecule has 13 nitrogen and oxygen atoms in total. The summed E-state index contributed by atoms with van der Waals surface area (Å²) in [6.45, 7) is 1.72. The largest absolute Gasteiger partial charge is 0.480 e. The van der Waals surface area contributed by atoms with E-state index in [1.54, 1.807) is 0 Å². The van der Waals surface area contributed by atoms with Crippen molar-refractivity contribution in [2.75, 3.05) is 6.54 Å². The van der Waals surface area contributed by atoms with Crippen molar-refractivity contribution in [1.29, 1.82) is 0 Å². The van der Waals surface area contributed by atoms with Crippen molar-refractivity contribution in [3.63, 3.8) is 0 Å². The van der Waals surface area contributed by atoms with Gasteiger partial charge in [0.2, 0.25) is 23.6 Å². The molecule has 8 N–H and O–H groups in total. The predicted molar refractivity (Wildman–Crippen MR) is 106 cm³/mol. The summed E-state index contributed by atoms with van der Waals surface area (Å²) in [5, 5.41) is 14.0. The van der Waals surface area contributed by atoms with Crippen molar-refractivity contribution in [1.82, 2.24) is 25.5 Å². The molecule has 0 bridgehead atoms. The molecule has 31 heavy (non-hydrogen) atoms. The molecule has 1 fully saturated rings. The number of imidazole rings is 1. The van der Waals surface area contributed by atoms with Gasteiger partial charge >= 0.3 is 5.97 Å². The van der Waals surface area contributed by atoms with E-state index in [0.29, 0.717) is 18.5 Å². The Hall–Kier alpha value is -3.48. The highest BCUT2D eigenvalue weighted by molar-refractivity contribution is 5.95. The van der Waals surface area contributed by atoms with Crippen LogP contribution in [0.4, 0.5) is 0 Å². The summed E-state index contributed by atoms with van der Waals surface area (Å²) in [6, 6.07) is -4.30. The third-order valence-electron chi connectivity index (χ3n) is 4.87. The van der Waals surface area contributed by atoms with Crippen LogP contribution in [0.5, 0.6) is 0 Å². The van der Waals surface area contributed by atoms with Gasteiger partial charge in [-0.25, -0.2) is 9.78 Å². The number of nitrogens with two attached hydrogens (primary N) is 2. The molecule has 0 saturated carbocycles. The minimum Gasteiger partial charge on any atom is -0.480 e. The SMILES string of the molecule is CC(N)C(=O)NC(Cc1cnc[nH]1)C(=O)N1CCCC1C(=O)NC(CC(N)=O)C(=O)O. The Balaban J connectivity index is 2.16. The predicted octanol–water partition coefficient (Wildman–Crippen LogP) is -2.78. The summed E-state index contributed by atoms with van der Waals surface area (Å²) in [6.07, 6.45) is 3.28. The molecule has 4 atom stereocenters. The molecule has 1 aliphatic rings. The van der Waals surface area contributed by atoms with E-state index in [1.165, 1.54) is 24.3 Å². The number of carboxylic acid groups (broad SMARTS) is 1. The van der Waals surface area contributed by atoms with E-state index in [0.717, 1.165) is 0 Å². The summed E-state index contributed by atoms with van der Waals surface area (Å²) in [5.41, 5.74) is 11.2. The lowest BCUT2D eigenvalue weighted by Crippen LogP contribution is -2.57. The third-order valence-corrected chi connectivity index (χ3v) is 4.87. The molecule has 2 heterocycles. The summed E-state index contributed by atoms with van der Waals surface area (Å²) < 4.78 is 0. The Kier molecular flexibility index (Phi) is 8.07. The minimum absolute atomic E-state index is 0.0988. The first-order valence-electron chi connectivity index (χ1n) is 9.75. The van der Waals surface area contributed by atoms with Crippen molar-refractivity contribution >= 4 is 29.6 Å². The molecule has 0 aliphatic carbocycles. The number of hydrogen-bond acceptors (Lipinski definition) is 7. The Morgan fingerprint density at radius 2 is 2.00 bits per heavy atom. The maximum Gasteiger partial charge on any atom is 0.326 e. The maximum atomic E-state index is 13.2. The van der Waals surface area contributed by atoms with Gasteiger partial charge in [-0.15, -0.1) is 0 Å². The number of primary amides is 1. The molecule has 0 radical (unpaired) electrons. The second-order valence-electron chi connectivity index (χ2n) is 7.39. The van der Waals surface area contributed by atoms with Gasteiger partial charge in [0.05, 0.1) is 18.8 Å². The fourth-order valence-corrected chi connectivity index (χ4v) is 3.29. The molecule has 1 aromatic rings. The zero-order valence-electron chi connectivity index (χ0n) is 17.0. The van der Waals surface area contributed by atoms with Crippen molar-refractivity contribution in [3.8, 4) is 0 Å². The number of amides is 4. The highest BCUT2D eigenvalue weighted by Crippen LogP contribution is 2.20. The smallest absolute Gasteiger partial charge is 0.326 e. The van der Waals surface area contributed by atoms with Crippen LogP contribution in [0, 0.1) is 0 Å². The van der Waals surface area contributed by atoms with Crippen LogP contribution >= 0.6 is 0 Å². The highest BCUT2D eigenvalue weighted by Gasteiger charge is 2.39. The lowest BCUT2D eigenvalue weighted by Gasteiger charge is -2.29. The summed E-state index contributed by atoms with van der Waals surface area (Å²) in [4.78, 5) is 68.4. The first-order chi connectivity index (χ1) is 14.6. The zero-order valence-corrected chi connectivity index (χ0v) is 17.0. The average molecular weight is 437 g/mol. The molecule has 2 rings (SSSR count). The minimum atomic E-state index is -1.50. The highest BCUT2D eigenvalue weighted by atomic mass is 16.4. The van der Waals surface area contributed by atoms with Crippen LogP contribution in [-0.2, 0) is 30.4 Å². The number of rotatable bonds is 10. The van der Waals surface area contributed by atoms with Gasteiger partial charge in [0.15, 0.2) is 0 Å². The van der Waals surface area contributed by atoms with E-state index in [1.807, 2.05) is 0 Å². The van der Waals surface area contributed by atoms with Crippen molar-refractivity contribution in [2.45, 2.75) is 56.8 Å². The Morgan fingerprint density at radius 1 is 1.29 bits per heavy atom. The van der Waals surface area contributed by atoms with E-state index < -0.39 is 60.2 Å². The lowest BCUT2D eigenvalue weighted by atomic mass is 10.1. The zero-order chi connectivity index (χ0) is 23.1. The molecule has 4 unspecified atom stereocenters. The van der Waals surface area contributed by atoms with Crippen LogP contribution in [0.3, 0.4) is 0 Å². The molecule has 0 aromatic carbocycles. The van der Waals surface area contributed by atoms with Crippen LogP contribution in [0.15, 0.2) is 12.5 Å². The van der Waals surface area contributed by atoms with Crippen LogP contribution in [0.1, 0.15) is 31.9 Å². The van der Waals surface area contributed by atoms with Crippen molar-refractivity contribution in [3.05, 3.63) is 18.2 Å². The average Bonchev–Trinajstić information content (AvgIpc) is 3.37. The number of aliphatic carboxylic acids is 1. The molecule has 13 heteroatoms. The fourth-order valence-electron chi connectivity index (χ4n) is 3.29. The van der Waals surface area contributed by atoms with Crippen LogP contribution in [-0.4, -0.2) is 80.3 Å². The number of aromatic amines is 1. The number of H-pyrrole nitrogens is 1. The summed E-state index contributed by atoms with van der Waals surface area (Å²) >= 11 is 0. The van der Waals surface area contributed by atoms with Gasteiger partial charge in [-0.1, -0.05) is 0 Å². The third kappa shape index (κ3) is 6.50. The first-order valence-corrected chi connectivity index (χ1v) is 9.75. The van der Waals surface area contributed by atoms with E-state index in [9.17, 15) is 29.1 Å². The van der Waals surface area contributed by atoms with Gasteiger partial charge in [-0.2, -0.15) is 0 Å². The van der Waals surface area contributed by atoms with Crippen molar-refractivity contribution < 1.29 is 29.1 Å². The lowest BCUT2D eigenvalue weighted by molar-refractivity contribution is -0.145. The summed E-state index contributed by atoms with van der Waals surface area (Å²) in [7, 11) is 0. The number of nitrogens with zero attached hydrogens (tertiary/aromatic N) is 2. The molecule has 1 aromatic heterocycles. The fraction of sp³-hybridized carbons (Fsp3) is 0.556. The van der Waals surface area contributed by atoms with E-state index in [2.05, 4.69) is 20.6 Å². The van der Waals surface area contributed by atoms with Gasteiger partial charge < -0.3 is 37.1 Å². The van der Waals surface area contributed by atoms with Crippen molar-refractivity contribution in [2.24, 2.45) is 11.5 Å². The topological polar surface area (TPSA) is 214 Å². The molecular weight excluding hydrogens is 410 g/mol. The molecule has 4 amide bonds. The molecular formula is C18H27N7O6. The number of aromatic nitrogens is 2. The van der Waals surface area contributed by atoms with Gasteiger partial charge in [0.1, 0.15) is 18.1 Å². The Bertz CT molecular complexity index is 825. The van der Waals surface area contributed by atoms with Gasteiger partial charge in [0.25, 0.3) is 0 Å². The quantitative estimate of drug-likeness (QED) is 0.225. The molecule has 170 valence electrons. The molecule has 1 aliphatic heterocycles. The van der Waals surface area contributed by atoms with Gasteiger partial charge in [-0.3, -0.25) is 19.2 Å². The van der Waals surface area contributed by atoms with E-state index in [4.69, 9.17) is 11.5 Å². The van der Waals surface area contributed by atoms with Crippen LogP contribution < -0.4 is 22.1 Å².